The number of thiophene rings is 2. The molecular formula is C42H36N4O10S4. The number of aromatic nitrogens is 4. The van der Waals surface area contributed by atoms with Gasteiger partial charge in [-0.1, -0.05) is 60.7 Å². The van der Waals surface area contributed by atoms with Gasteiger partial charge in [0.05, 0.1) is 46.1 Å². The summed E-state index contributed by atoms with van der Waals surface area (Å²) in [7, 11) is -4.06. The molecule has 0 saturated heterocycles. The highest BCUT2D eigenvalue weighted by Crippen LogP contribution is 2.37. The number of carbonyl (C=O) groups is 2. The Balaban J connectivity index is 0.000000181. The van der Waals surface area contributed by atoms with Crippen LogP contribution in [0.5, 0.6) is 11.5 Å². The highest BCUT2D eigenvalue weighted by molar-refractivity contribution is 7.91. The number of sulfone groups is 2. The predicted molar refractivity (Wildman–Crippen MR) is 228 cm³/mol. The van der Waals surface area contributed by atoms with E-state index in [1.807, 2.05) is 60.7 Å². The first-order valence-corrected chi connectivity index (χ1v) is 23.3. The van der Waals surface area contributed by atoms with Gasteiger partial charge in [0.2, 0.25) is 0 Å². The van der Waals surface area contributed by atoms with Gasteiger partial charge in [-0.2, -0.15) is 0 Å². The summed E-state index contributed by atoms with van der Waals surface area (Å²) in [6.45, 7) is 0.604. The van der Waals surface area contributed by atoms with Gasteiger partial charge in [0.25, 0.3) is 0 Å². The third kappa shape index (κ3) is 9.26. The number of hydrogen-bond donors (Lipinski definition) is 0. The zero-order chi connectivity index (χ0) is 42.6. The number of nitrogens with zero attached hydrogens (tertiary/aromatic N) is 4. The molecule has 14 nitrogen and oxygen atoms in total. The minimum absolute atomic E-state index is 0.196. The zero-order valence-corrected chi connectivity index (χ0v) is 35.7. The van der Waals surface area contributed by atoms with Crippen molar-refractivity contribution in [2.75, 3.05) is 26.7 Å². The highest BCUT2D eigenvalue weighted by Gasteiger charge is 2.23. The summed E-state index contributed by atoms with van der Waals surface area (Å²) < 4.78 is 72.6. The van der Waals surface area contributed by atoms with Crippen LogP contribution < -0.4 is 9.47 Å². The van der Waals surface area contributed by atoms with Crippen molar-refractivity contribution in [3.05, 3.63) is 143 Å². The van der Waals surface area contributed by atoms with Gasteiger partial charge < -0.3 is 18.9 Å². The molecule has 0 aliphatic rings. The third-order valence-electron chi connectivity index (χ3n) is 8.95. The van der Waals surface area contributed by atoms with E-state index in [0.717, 1.165) is 29.2 Å². The van der Waals surface area contributed by atoms with Gasteiger partial charge in [-0.25, -0.2) is 36.4 Å². The Morgan fingerprint density at radius 1 is 0.567 bits per heavy atom. The fourth-order valence-corrected chi connectivity index (χ4v) is 9.20. The number of fused-ring (bicyclic) bond motifs is 2. The molecular weight excluding hydrogens is 849 g/mol. The minimum Gasteiger partial charge on any atom is -0.487 e. The molecule has 0 radical (unpaired) electrons. The highest BCUT2D eigenvalue weighted by atomic mass is 32.2. The largest absolute Gasteiger partial charge is 0.487 e. The number of carbonyl (C=O) groups excluding carboxylic acids is 2. The first kappa shape index (κ1) is 41.8. The second-order valence-electron chi connectivity index (χ2n) is 13.2. The third-order valence-corrected chi connectivity index (χ3v) is 13.4. The maximum atomic E-state index is 12.3. The summed E-state index contributed by atoms with van der Waals surface area (Å²) >= 11 is 2.40. The van der Waals surface area contributed by atoms with E-state index in [0.29, 0.717) is 61.0 Å². The van der Waals surface area contributed by atoms with Gasteiger partial charge >= 0.3 is 11.9 Å². The Kier molecular flexibility index (Phi) is 12.2. The summed E-state index contributed by atoms with van der Waals surface area (Å²) in [6.07, 6.45) is 5.49. The molecule has 18 heteroatoms. The van der Waals surface area contributed by atoms with Gasteiger partial charge in [-0.15, -0.1) is 22.7 Å². The van der Waals surface area contributed by atoms with E-state index < -0.39 is 31.6 Å². The number of ether oxygens (including phenoxy) is 4. The van der Waals surface area contributed by atoms with Crippen LogP contribution in [0.25, 0.3) is 32.1 Å². The van der Waals surface area contributed by atoms with Crippen LogP contribution in [0.1, 0.15) is 30.5 Å². The molecule has 4 aromatic carbocycles. The van der Waals surface area contributed by atoms with Gasteiger partial charge in [0.1, 0.15) is 47.4 Å². The minimum atomic E-state index is -3.37. The maximum Gasteiger partial charge on any atom is 0.351 e. The SMILES string of the molecule is COC(=O)c1sc(-n2cnc3cc(S(C)(=O)=O)ccc32)cc1OCc1ccccc1.COC(=O)c1sc(-n2cnc3ccc(S(C)(=O)=O)cc32)cc1OCc1ccccc1. The fourth-order valence-electron chi connectivity index (χ4n) is 5.91. The van der Waals surface area contributed by atoms with Crippen LogP contribution in [0, 0.1) is 0 Å². The number of esters is 2. The number of benzene rings is 4. The molecule has 0 N–H and O–H groups in total. The molecule has 4 aromatic heterocycles. The van der Waals surface area contributed by atoms with Crippen molar-refractivity contribution in [2.45, 2.75) is 23.0 Å². The first-order chi connectivity index (χ1) is 28.7. The molecule has 0 unspecified atom stereocenters. The molecule has 60 heavy (non-hydrogen) atoms. The first-order valence-electron chi connectivity index (χ1n) is 17.9. The molecule has 0 spiro atoms. The lowest BCUT2D eigenvalue weighted by Crippen LogP contribution is -2.02. The lowest BCUT2D eigenvalue weighted by atomic mass is 10.2. The molecule has 8 aromatic rings. The Labute approximate surface area is 353 Å². The van der Waals surface area contributed by atoms with E-state index >= 15 is 0 Å². The molecule has 0 bridgehead atoms. The predicted octanol–water partition coefficient (Wildman–Crippen LogP) is 7.71. The van der Waals surface area contributed by atoms with Crippen LogP contribution in [0.4, 0.5) is 0 Å². The number of imidazole rings is 2. The van der Waals surface area contributed by atoms with Gasteiger partial charge in [-0.3, -0.25) is 9.13 Å². The Morgan fingerprint density at radius 3 is 1.50 bits per heavy atom. The lowest BCUT2D eigenvalue weighted by molar-refractivity contribution is 0.0592. The van der Waals surface area contributed by atoms with Gasteiger partial charge in [0.15, 0.2) is 29.4 Å². The Bertz CT molecular complexity index is 3060. The fraction of sp³-hybridized carbons (Fsp3) is 0.143. The molecule has 308 valence electrons. The van der Waals surface area contributed by atoms with E-state index in [1.54, 1.807) is 52.1 Å². The van der Waals surface area contributed by atoms with E-state index in [2.05, 4.69) is 9.97 Å². The standard InChI is InChI=1S/2C21H18N2O5S2/c1-27-21(24)20-18(28-12-14-6-4-3-5-7-14)11-19(29-20)23-13-22-16-10-15(30(2,25)26)8-9-17(16)23;1-27-21(24)20-18(28-12-14-6-4-3-5-7-14)11-19(29-20)23-13-22-16-9-8-15(10-17(16)23)30(2,25)26/h2*3-11,13H,12H2,1-2H3. The van der Waals surface area contributed by atoms with E-state index in [4.69, 9.17) is 18.9 Å². The van der Waals surface area contributed by atoms with Crippen LogP contribution in [0.2, 0.25) is 0 Å². The summed E-state index contributed by atoms with van der Waals surface area (Å²) in [5.41, 5.74) is 4.45. The topological polar surface area (TPSA) is 175 Å². The molecule has 0 atom stereocenters. The van der Waals surface area contributed by atoms with Gasteiger partial charge in [-0.05, 0) is 47.5 Å². The zero-order valence-electron chi connectivity index (χ0n) is 32.5. The molecule has 0 aliphatic heterocycles. The van der Waals surface area contributed by atoms with Crippen molar-refractivity contribution in [1.29, 1.82) is 0 Å². The molecule has 8 rings (SSSR count). The molecule has 0 amide bonds. The summed E-state index contributed by atoms with van der Waals surface area (Å²) in [5, 5.41) is 1.36. The monoisotopic (exact) mass is 884 g/mol. The molecule has 0 aliphatic carbocycles. The quantitative estimate of drug-likeness (QED) is 0.110. The average Bonchev–Trinajstić information content (AvgIpc) is 4.06. The average molecular weight is 885 g/mol. The maximum absolute atomic E-state index is 12.3. The van der Waals surface area contributed by atoms with Crippen LogP contribution >= 0.6 is 22.7 Å². The van der Waals surface area contributed by atoms with Crippen molar-refractivity contribution in [3.8, 4) is 21.5 Å². The van der Waals surface area contributed by atoms with Crippen LogP contribution in [-0.2, 0) is 42.4 Å². The smallest absolute Gasteiger partial charge is 0.351 e. The molecule has 4 heterocycles. The van der Waals surface area contributed by atoms with Crippen molar-refractivity contribution in [1.82, 2.24) is 19.1 Å². The van der Waals surface area contributed by atoms with Crippen molar-refractivity contribution in [3.63, 3.8) is 0 Å². The number of hydrogen-bond acceptors (Lipinski definition) is 14. The Morgan fingerprint density at radius 2 is 1.02 bits per heavy atom. The van der Waals surface area contributed by atoms with Crippen LogP contribution in [-0.4, -0.2) is 74.6 Å². The molecule has 0 fully saturated rings. The van der Waals surface area contributed by atoms with Crippen LogP contribution in [0.3, 0.4) is 0 Å². The van der Waals surface area contributed by atoms with Crippen molar-refractivity contribution >= 4 is 76.4 Å². The van der Waals surface area contributed by atoms with Crippen LogP contribution in [0.15, 0.2) is 132 Å². The second kappa shape index (κ2) is 17.5. The summed E-state index contributed by atoms with van der Waals surface area (Å²) in [4.78, 5) is 34.3. The van der Waals surface area contributed by atoms with E-state index in [9.17, 15) is 26.4 Å². The number of rotatable bonds is 12. The van der Waals surface area contributed by atoms with Crippen molar-refractivity contribution in [2.24, 2.45) is 0 Å². The number of methoxy groups -OCH3 is 2. The van der Waals surface area contributed by atoms with Crippen molar-refractivity contribution < 1.29 is 45.4 Å². The van der Waals surface area contributed by atoms with Gasteiger partial charge in [0, 0.05) is 24.6 Å². The van der Waals surface area contributed by atoms with E-state index in [-0.39, 0.29) is 9.79 Å². The summed E-state index contributed by atoms with van der Waals surface area (Å²) in [5.74, 6) is -0.180. The normalized spacial score (nSPS) is 11.5. The molecule has 0 saturated carbocycles. The lowest BCUT2D eigenvalue weighted by Gasteiger charge is -2.06. The van der Waals surface area contributed by atoms with E-state index in [1.165, 1.54) is 55.1 Å². The second-order valence-corrected chi connectivity index (χ2v) is 19.3. The summed E-state index contributed by atoms with van der Waals surface area (Å²) in [6, 6.07) is 32.2. The Hall–Kier alpha value is -6.34.